The Hall–Kier alpha value is -1.24. The third-order valence-electron chi connectivity index (χ3n) is 3.65. The first kappa shape index (κ1) is 15.2. The van der Waals surface area contributed by atoms with Gasteiger partial charge in [-0.2, -0.15) is 18.3 Å². The highest BCUT2D eigenvalue weighted by Crippen LogP contribution is 2.38. The zero-order valence-corrected chi connectivity index (χ0v) is 11.5. The van der Waals surface area contributed by atoms with Crippen molar-refractivity contribution in [1.29, 1.82) is 0 Å². The van der Waals surface area contributed by atoms with Crippen LogP contribution in [0.2, 0.25) is 0 Å². The average Bonchev–Trinajstić information content (AvgIpc) is 2.83. The number of anilines is 1. The number of halogens is 3. The molecule has 7 heteroatoms. The molecule has 0 spiro atoms. The van der Waals surface area contributed by atoms with Crippen molar-refractivity contribution in [2.24, 2.45) is 5.92 Å². The summed E-state index contributed by atoms with van der Waals surface area (Å²) in [4.78, 5) is 0. The van der Waals surface area contributed by atoms with E-state index in [2.05, 4.69) is 10.4 Å². The van der Waals surface area contributed by atoms with E-state index in [-0.39, 0.29) is 18.9 Å². The Kier molecular flexibility index (Phi) is 4.91. The minimum Gasteiger partial charge on any atom is -0.383 e. The van der Waals surface area contributed by atoms with Gasteiger partial charge in [0.2, 0.25) is 0 Å². The van der Waals surface area contributed by atoms with Crippen LogP contribution in [0.4, 0.5) is 19.0 Å². The number of hydrogen-bond acceptors (Lipinski definition) is 3. The zero-order valence-electron chi connectivity index (χ0n) is 11.5. The number of ether oxygens (including phenoxy) is 1. The largest absolute Gasteiger partial charge is 0.391 e. The molecule has 1 heterocycles. The van der Waals surface area contributed by atoms with Gasteiger partial charge in [0, 0.05) is 25.4 Å². The molecule has 1 aliphatic carbocycles. The molecular weight excluding hydrogens is 271 g/mol. The lowest BCUT2D eigenvalue weighted by Crippen LogP contribution is -2.34. The molecule has 0 amide bonds. The molecule has 0 bridgehead atoms. The number of methoxy groups -OCH3 is 1. The summed E-state index contributed by atoms with van der Waals surface area (Å²) in [6, 6.07) is 1.63. The van der Waals surface area contributed by atoms with E-state index in [9.17, 15) is 13.2 Å². The predicted molar refractivity (Wildman–Crippen MR) is 69.5 cm³/mol. The van der Waals surface area contributed by atoms with Gasteiger partial charge in [-0.05, 0) is 19.3 Å². The molecule has 1 aromatic heterocycles. The summed E-state index contributed by atoms with van der Waals surface area (Å²) in [5, 5.41) is 7.38. The number of rotatable bonds is 5. The topological polar surface area (TPSA) is 39.1 Å². The molecule has 20 heavy (non-hydrogen) atoms. The van der Waals surface area contributed by atoms with Crippen LogP contribution in [0, 0.1) is 5.92 Å². The number of aromatic nitrogens is 2. The lowest BCUT2D eigenvalue weighted by Gasteiger charge is -2.31. The summed E-state index contributed by atoms with van der Waals surface area (Å²) in [6.45, 7) is 1.19. The van der Waals surface area contributed by atoms with Crippen LogP contribution < -0.4 is 5.32 Å². The highest BCUT2D eigenvalue weighted by Gasteiger charge is 2.42. The van der Waals surface area contributed by atoms with Gasteiger partial charge in [0.25, 0.3) is 0 Å². The van der Waals surface area contributed by atoms with Gasteiger partial charge >= 0.3 is 6.18 Å². The third-order valence-corrected chi connectivity index (χ3v) is 3.65. The van der Waals surface area contributed by atoms with Crippen LogP contribution >= 0.6 is 0 Å². The SMILES string of the molecule is COCCn1ccc(N[C@@H]2CCC[C@@H](C(F)(F)F)C2)n1. The van der Waals surface area contributed by atoms with Gasteiger partial charge in [0.05, 0.1) is 19.1 Å². The van der Waals surface area contributed by atoms with Crippen LogP contribution in [-0.4, -0.2) is 35.7 Å². The van der Waals surface area contributed by atoms with Crippen molar-refractivity contribution in [2.75, 3.05) is 19.0 Å². The lowest BCUT2D eigenvalue weighted by molar-refractivity contribution is -0.182. The molecule has 2 rings (SSSR count). The first-order chi connectivity index (χ1) is 9.49. The van der Waals surface area contributed by atoms with Crippen molar-refractivity contribution in [1.82, 2.24) is 9.78 Å². The van der Waals surface area contributed by atoms with Gasteiger partial charge < -0.3 is 10.1 Å². The van der Waals surface area contributed by atoms with Crippen LogP contribution in [0.3, 0.4) is 0 Å². The van der Waals surface area contributed by atoms with Crippen LogP contribution in [0.1, 0.15) is 25.7 Å². The van der Waals surface area contributed by atoms with Crippen LogP contribution in [-0.2, 0) is 11.3 Å². The summed E-state index contributed by atoms with van der Waals surface area (Å²) >= 11 is 0. The molecule has 2 atom stereocenters. The van der Waals surface area contributed by atoms with Gasteiger partial charge in [0.15, 0.2) is 0 Å². The second kappa shape index (κ2) is 6.47. The van der Waals surface area contributed by atoms with Crippen LogP contribution in [0.15, 0.2) is 12.3 Å². The fourth-order valence-corrected chi connectivity index (χ4v) is 2.58. The minimum atomic E-state index is -4.09. The molecule has 114 valence electrons. The lowest BCUT2D eigenvalue weighted by atomic mass is 9.85. The molecule has 0 unspecified atom stereocenters. The predicted octanol–water partition coefficient (Wildman–Crippen LogP) is 3.06. The number of nitrogens with one attached hydrogen (secondary N) is 1. The molecule has 1 aromatic rings. The van der Waals surface area contributed by atoms with E-state index < -0.39 is 12.1 Å². The Balaban J connectivity index is 1.87. The first-order valence-electron chi connectivity index (χ1n) is 6.84. The molecule has 0 aromatic carbocycles. The van der Waals surface area contributed by atoms with Crippen LogP contribution in [0.5, 0.6) is 0 Å². The highest BCUT2D eigenvalue weighted by molar-refractivity contribution is 5.33. The third kappa shape index (κ3) is 4.13. The Morgan fingerprint density at radius 3 is 2.95 bits per heavy atom. The monoisotopic (exact) mass is 291 g/mol. The summed E-state index contributed by atoms with van der Waals surface area (Å²) < 4.78 is 44.9. The van der Waals surface area contributed by atoms with E-state index in [0.29, 0.717) is 25.4 Å². The minimum absolute atomic E-state index is 0.133. The van der Waals surface area contributed by atoms with E-state index >= 15 is 0 Å². The molecular formula is C13H20F3N3O. The van der Waals surface area contributed by atoms with Crippen molar-refractivity contribution in [3.8, 4) is 0 Å². The van der Waals surface area contributed by atoms with Crippen molar-refractivity contribution in [3.05, 3.63) is 12.3 Å². The quantitative estimate of drug-likeness (QED) is 0.906. The number of alkyl halides is 3. The smallest absolute Gasteiger partial charge is 0.383 e. The van der Waals surface area contributed by atoms with Crippen LogP contribution in [0.25, 0.3) is 0 Å². The van der Waals surface area contributed by atoms with Crippen molar-refractivity contribution >= 4 is 5.82 Å². The number of nitrogens with zero attached hydrogens (tertiary/aromatic N) is 2. The maximum Gasteiger partial charge on any atom is 0.391 e. The maximum absolute atomic E-state index is 12.7. The van der Waals surface area contributed by atoms with Crippen molar-refractivity contribution in [2.45, 2.75) is 44.4 Å². The fraction of sp³-hybridized carbons (Fsp3) is 0.769. The first-order valence-corrected chi connectivity index (χ1v) is 6.84. The van der Waals surface area contributed by atoms with E-state index in [1.54, 1.807) is 24.1 Å². The van der Waals surface area contributed by atoms with E-state index in [4.69, 9.17) is 4.74 Å². The van der Waals surface area contributed by atoms with Gasteiger partial charge in [0.1, 0.15) is 5.82 Å². The summed E-state index contributed by atoms with van der Waals surface area (Å²) in [5.41, 5.74) is 0. The summed E-state index contributed by atoms with van der Waals surface area (Å²) in [7, 11) is 1.61. The molecule has 1 N–H and O–H groups in total. The Morgan fingerprint density at radius 2 is 2.25 bits per heavy atom. The van der Waals surface area contributed by atoms with E-state index in [1.807, 2.05) is 0 Å². The van der Waals surface area contributed by atoms with Crippen molar-refractivity contribution in [3.63, 3.8) is 0 Å². The van der Waals surface area contributed by atoms with Crippen molar-refractivity contribution < 1.29 is 17.9 Å². The van der Waals surface area contributed by atoms with Gasteiger partial charge in [-0.1, -0.05) is 6.42 Å². The summed E-state index contributed by atoms with van der Waals surface area (Å²) in [5.74, 6) is -0.557. The zero-order chi connectivity index (χ0) is 14.6. The Morgan fingerprint density at radius 1 is 1.45 bits per heavy atom. The molecule has 1 saturated carbocycles. The van der Waals surface area contributed by atoms with E-state index in [0.717, 1.165) is 6.42 Å². The molecule has 4 nitrogen and oxygen atoms in total. The van der Waals surface area contributed by atoms with Gasteiger partial charge in [-0.15, -0.1) is 0 Å². The van der Waals surface area contributed by atoms with Gasteiger partial charge in [-0.3, -0.25) is 4.68 Å². The molecule has 0 aliphatic heterocycles. The molecule has 0 saturated heterocycles. The highest BCUT2D eigenvalue weighted by atomic mass is 19.4. The standard InChI is InChI=1S/C13H20F3N3O/c1-20-8-7-19-6-5-12(18-19)17-11-4-2-3-10(9-11)13(14,15)16/h5-6,10-11H,2-4,7-9H2,1H3,(H,17,18)/t10-,11-/m1/s1. The summed E-state index contributed by atoms with van der Waals surface area (Å²) in [6.07, 6.45) is -0.550. The maximum atomic E-state index is 12.7. The molecule has 1 aliphatic rings. The second-order valence-electron chi connectivity index (χ2n) is 5.20. The Bertz CT molecular complexity index is 419. The normalized spacial score (nSPS) is 23.8. The van der Waals surface area contributed by atoms with E-state index in [1.165, 1.54) is 0 Å². The molecule has 1 fully saturated rings. The fourth-order valence-electron chi connectivity index (χ4n) is 2.58. The number of hydrogen-bond donors (Lipinski definition) is 1. The Labute approximate surface area is 116 Å². The average molecular weight is 291 g/mol. The second-order valence-corrected chi connectivity index (χ2v) is 5.20. The van der Waals surface area contributed by atoms with Gasteiger partial charge in [-0.25, -0.2) is 0 Å². The molecule has 0 radical (unpaired) electrons.